The zero-order chi connectivity index (χ0) is 14.4. The van der Waals surface area contributed by atoms with E-state index in [1.807, 2.05) is 24.3 Å². The Kier molecular flexibility index (Phi) is 5.43. The number of benzene rings is 1. The summed E-state index contributed by atoms with van der Waals surface area (Å²) in [6.07, 6.45) is 1.08. The number of aliphatic carboxylic acids is 1. The number of aryl methyl sites for hydroxylation is 1. The summed E-state index contributed by atoms with van der Waals surface area (Å²) >= 11 is 7.58. The molecule has 0 atom stereocenters. The summed E-state index contributed by atoms with van der Waals surface area (Å²) in [7, 11) is 0. The van der Waals surface area contributed by atoms with Crippen molar-refractivity contribution < 1.29 is 14.4 Å². The van der Waals surface area contributed by atoms with Crippen LogP contribution in [-0.2, 0) is 17.0 Å². The Morgan fingerprint density at radius 2 is 2.20 bits per heavy atom. The second-order valence-corrected chi connectivity index (χ2v) is 5.50. The minimum atomic E-state index is -0.820. The van der Waals surface area contributed by atoms with E-state index in [0.29, 0.717) is 35.3 Å². The van der Waals surface area contributed by atoms with Crippen LogP contribution in [-0.4, -0.2) is 21.2 Å². The topological polar surface area (TPSA) is 76.2 Å². The number of carbonyl (C=O) groups is 1. The maximum atomic E-state index is 10.4. The Morgan fingerprint density at radius 3 is 2.95 bits per heavy atom. The number of carboxylic acids is 1. The molecular formula is C13H13ClN2O3S. The zero-order valence-electron chi connectivity index (χ0n) is 10.6. The highest BCUT2D eigenvalue weighted by Gasteiger charge is 2.08. The SMILES string of the molecule is O=C(O)CCCc1nc(CSc2ccccc2Cl)no1. The summed E-state index contributed by atoms with van der Waals surface area (Å²) in [5.74, 6) is 0.798. The van der Waals surface area contributed by atoms with E-state index in [4.69, 9.17) is 21.2 Å². The van der Waals surface area contributed by atoms with Crippen molar-refractivity contribution in [3.05, 3.63) is 41.0 Å². The number of hydrogen-bond donors (Lipinski definition) is 1. The minimum absolute atomic E-state index is 0.103. The highest BCUT2D eigenvalue weighted by molar-refractivity contribution is 7.98. The van der Waals surface area contributed by atoms with E-state index in [0.717, 1.165) is 4.90 Å². The average Bonchev–Trinajstić information content (AvgIpc) is 2.85. The molecule has 5 nitrogen and oxygen atoms in total. The van der Waals surface area contributed by atoms with Gasteiger partial charge in [0.15, 0.2) is 5.82 Å². The molecule has 1 N–H and O–H groups in total. The van der Waals surface area contributed by atoms with Gasteiger partial charge in [-0.1, -0.05) is 28.9 Å². The highest BCUT2D eigenvalue weighted by atomic mass is 35.5. The van der Waals surface area contributed by atoms with Gasteiger partial charge < -0.3 is 9.63 Å². The summed E-state index contributed by atoms with van der Waals surface area (Å²) in [6.45, 7) is 0. The van der Waals surface area contributed by atoms with Crippen LogP contribution in [0.1, 0.15) is 24.6 Å². The molecule has 2 rings (SSSR count). The quantitative estimate of drug-likeness (QED) is 0.789. The largest absolute Gasteiger partial charge is 0.481 e. The number of aromatic nitrogens is 2. The molecule has 106 valence electrons. The molecule has 0 aliphatic heterocycles. The Hall–Kier alpha value is -1.53. The van der Waals surface area contributed by atoms with Crippen LogP contribution in [0.15, 0.2) is 33.7 Å². The first kappa shape index (κ1) is 14.9. The third-order valence-corrected chi connectivity index (χ3v) is 4.00. The molecule has 0 fully saturated rings. The van der Waals surface area contributed by atoms with Crippen molar-refractivity contribution in [2.24, 2.45) is 0 Å². The summed E-state index contributed by atoms with van der Waals surface area (Å²) in [4.78, 5) is 15.6. The normalized spacial score (nSPS) is 10.7. The maximum absolute atomic E-state index is 10.4. The third kappa shape index (κ3) is 4.54. The Balaban J connectivity index is 1.84. The first-order valence-electron chi connectivity index (χ1n) is 6.06. The summed E-state index contributed by atoms with van der Waals surface area (Å²) < 4.78 is 5.06. The monoisotopic (exact) mass is 312 g/mol. The Bertz CT molecular complexity index is 589. The van der Waals surface area contributed by atoms with E-state index < -0.39 is 5.97 Å². The van der Waals surface area contributed by atoms with Crippen molar-refractivity contribution in [1.29, 1.82) is 0 Å². The molecular weight excluding hydrogens is 300 g/mol. The fourth-order valence-corrected chi connectivity index (χ4v) is 2.63. The first-order chi connectivity index (χ1) is 9.65. The molecule has 0 amide bonds. The fourth-order valence-electron chi connectivity index (χ4n) is 1.55. The van der Waals surface area contributed by atoms with Gasteiger partial charge in [-0.25, -0.2) is 0 Å². The molecule has 0 unspecified atom stereocenters. The predicted octanol–water partition coefficient (Wildman–Crippen LogP) is 3.42. The van der Waals surface area contributed by atoms with Crippen molar-refractivity contribution in [2.45, 2.75) is 29.9 Å². The standard InChI is InChI=1S/C13H13ClN2O3S/c14-9-4-1-2-5-10(9)20-8-11-15-12(19-16-11)6-3-7-13(17)18/h1-2,4-5H,3,6-8H2,(H,17,18). The molecule has 0 aliphatic rings. The molecule has 0 saturated carbocycles. The van der Waals surface area contributed by atoms with Crippen LogP contribution in [0.4, 0.5) is 0 Å². The van der Waals surface area contributed by atoms with Gasteiger partial charge in [0.25, 0.3) is 0 Å². The Morgan fingerprint density at radius 1 is 1.40 bits per heavy atom. The number of halogens is 1. The van der Waals surface area contributed by atoms with Crippen molar-refractivity contribution in [3.8, 4) is 0 Å². The van der Waals surface area contributed by atoms with Crippen LogP contribution in [0, 0.1) is 0 Å². The van der Waals surface area contributed by atoms with E-state index in [1.54, 1.807) is 0 Å². The number of thioether (sulfide) groups is 1. The zero-order valence-corrected chi connectivity index (χ0v) is 12.2. The fraction of sp³-hybridized carbons (Fsp3) is 0.308. The van der Waals surface area contributed by atoms with Gasteiger partial charge in [0, 0.05) is 17.7 Å². The number of rotatable bonds is 7. The molecule has 2 aromatic rings. The molecule has 0 saturated heterocycles. The van der Waals surface area contributed by atoms with E-state index >= 15 is 0 Å². The summed E-state index contributed by atoms with van der Waals surface area (Å²) in [5.41, 5.74) is 0. The van der Waals surface area contributed by atoms with Gasteiger partial charge in [0.05, 0.1) is 10.8 Å². The molecule has 1 aromatic heterocycles. The van der Waals surface area contributed by atoms with Crippen LogP contribution in [0.25, 0.3) is 0 Å². The molecule has 0 bridgehead atoms. The lowest BCUT2D eigenvalue weighted by Gasteiger charge is -2.00. The molecule has 0 spiro atoms. The Labute approximate surface area is 125 Å². The third-order valence-electron chi connectivity index (χ3n) is 2.48. The first-order valence-corrected chi connectivity index (χ1v) is 7.42. The van der Waals surface area contributed by atoms with Crippen LogP contribution >= 0.6 is 23.4 Å². The lowest BCUT2D eigenvalue weighted by Crippen LogP contribution is -1.96. The second kappa shape index (κ2) is 7.31. The van der Waals surface area contributed by atoms with E-state index in [1.165, 1.54) is 11.8 Å². The number of nitrogens with zero attached hydrogens (tertiary/aromatic N) is 2. The average molecular weight is 313 g/mol. The van der Waals surface area contributed by atoms with Crippen molar-refractivity contribution in [3.63, 3.8) is 0 Å². The molecule has 1 heterocycles. The van der Waals surface area contributed by atoms with Crippen molar-refractivity contribution in [1.82, 2.24) is 10.1 Å². The van der Waals surface area contributed by atoms with Crippen LogP contribution < -0.4 is 0 Å². The van der Waals surface area contributed by atoms with Crippen LogP contribution in [0.3, 0.4) is 0 Å². The van der Waals surface area contributed by atoms with Gasteiger partial charge >= 0.3 is 5.97 Å². The highest BCUT2D eigenvalue weighted by Crippen LogP contribution is 2.28. The molecule has 20 heavy (non-hydrogen) atoms. The van der Waals surface area contributed by atoms with E-state index in [2.05, 4.69) is 10.1 Å². The number of carboxylic acid groups (broad SMARTS) is 1. The lowest BCUT2D eigenvalue weighted by atomic mass is 10.2. The van der Waals surface area contributed by atoms with Gasteiger partial charge in [0.2, 0.25) is 5.89 Å². The van der Waals surface area contributed by atoms with Gasteiger partial charge in [-0.05, 0) is 18.6 Å². The van der Waals surface area contributed by atoms with E-state index in [-0.39, 0.29) is 6.42 Å². The van der Waals surface area contributed by atoms with Gasteiger partial charge in [-0.2, -0.15) is 4.98 Å². The summed E-state index contributed by atoms with van der Waals surface area (Å²) in [5, 5.41) is 13.1. The molecule has 7 heteroatoms. The van der Waals surface area contributed by atoms with Gasteiger partial charge in [-0.15, -0.1) is 11.8 Å². The summed E-state index contributed by atoms with van der Waals surface area (Å²) in [6, 6.07) is 7.56. The lowest BCUT2D eigenvalue weighted by molar-refractivity contribution is -0.137. The molecule has 0 aliphatic carbocycles. The number of hydrogen-bond acceptors (Lipinski definition) is 5. The second-order valence-electron chi connectivity index (χ2n) is 4.07. The van der Waals surface area contributed by atoms with E-state index in [9.17, 15) is 4.79 Å². The minimum Gasteiger partial charge on any atom is -0.481 e. The van der Waals surface area contributed by atoms with Crippen LogP contribution in [0.5, 0.6) is 0 Å². The van der Waals surface area contributed by atoms with Crippen molar-refractivity contribution >= 4 is 29.3 Å². The van der Waals surface area contributed by atoms with Gasteiger partial charge in [-0.3, -0.25) is 4.79 Å². The molecule has 1 aromatic carbocycles. The van der Waals surface area contributed by atoms with Crippen molar-refractivity contribution in [2.75, 3.05) is 0 Å². The van der Waals surface area contributed by atoms with Crippen LogP contribution in [0.2, 0.25) is 5.02 Å². The maximum Gasteiger partial charge on any atom is 0.303 e. The predicted molar refractivity (Wildman–Crippen MR) is 75.9 cm³/mol. The van der Waals surface area contributed by atoms with Gasteiger partial charge in [0.1, 0.15) is 0 Å². The smallest absolute Gasteiger partial charge is 0.303 e. The molecule has 0 radical (unpaired) electrons.